The number of nitrogens with zero attached hydrogens (tertiary/aromatic N) is 2. The Morgan fingerprint density at radius 1 is 1.43 bits per heavy atom. The van der Waals surface area contributed by atoms with Crippen molar-refractivity contribution >= 4 is 41.2 Å². The number of carboxylic acid groups (broad SMARTS) is 1. The molecule has 1 saturated heterocycles. The van der Waals surface area contributed by atoms with Crippen molar-refractivity contribution in [2.75, 3.05) is 32.7 Å². The molecule has 0 saturated carbocycles. The van der Waals surface area contributed by atoms with E-state index in [4.69, 9.17) is 10.5 Å². The van der Waals surface area contributed by atoms with Crippen molar-refractivity contribution in [3.8, 4) is 0 Å². The summed E-state index contributed by atoms with van der Waals surface area (Å²) in [5.74, 6) is -0.909. The number of carboxylic acids is 1. The van der Waals surface area contributed by atoms with E-state index in [0.29, 0.717) is 22.9 Å². The van der Waals surface area contributed by atoms with Gasteiger partial charge in [-0.2, -0.15) is 11.8 Å². The molecule has 2 aliphatic heterocycles. The molecule has 0 aromatic heterocycles. The second-order valence-electron chi connectivity index (χ2n) is 5.62. The van der Waals surface area contributed by atoms with E-state index < -0.39 is 5.97 Å². The van der Waals surface area contributed by atoms with E-state index in [1.54, 1.807) is 19.0 Å². The van der Waals surface area contributed by atoms with Crippen LogP contribution >= 0.6 is 23.5 Å². The molecule has 0 spiro atoms. The fourth-order valence-electron chi connectivity index (χ4n) is 2.90. The summed E-state index contributed by atoms with van der Waals surface area (Å²) in [5, 5.41) is 26.4. The summed E-state index contributed by atoms with van der Waals surface area (Å²) in [7, 11) is 3.54. The van der Waals surface area contributed by atoms with Gasteiger partial charge in [0.25, 0.3) is 0 Å². The number of rotatable bonds is 7. The summed E-state index contributed by atoms with van der Waals surface area (Å²) < 4.78 is 0. The Morgan fingerprint density at radius 2 is 2.09 bits per heavy atom. The lowest BCUT2D eigenvalue weighted by Gasteiger charge is -2.45. The smallest absolute Gasteiger partial charge is 0.353 e. The van der Waals surface area contributed by atoms with Crippen LogP contribution in [0.4, 0.5) is 0 Å². The molecule has 0 bridgehead atoms. The monoisotopic (exact) mass is 359 g/mol. The minimum Gasteiger partial charge on any atom is -0.477 e. The molecule has 1 amide bonds. The normalized spacial score (nSPS) is 26.2. The number of amidine groups is 1. The van der Waals surface area contributed by atoms with Gasteiger partial charge in [0, 0.05) is 25.6 Å². The Labute approximate surface area is 143 Å². The number of amides is 1. The molecule has 128 valence electrons. The molecule has 9 heteroatoms. The average molecular weight is 359 g/mol. The Bertz CT molecular complexity index is 564. The third-order valence-corrected chi connectivity index (χ3v) is 6.46. The van der Waals surface area contributed by atoms with Gasteiger partial charge in [0.15, 0.2) is 0 Å². The van der Waals surface area contributed by atoms with E-state index >= 15 is 0 Å². The fourth-order valence-corrected chi connectivity index (χ4v) is 5.48. The molecule has 2 aliphatic rings. The predicted octanol–water partition coefficient (Wildman–Crippen LogP) is 0.509. The van der Waals surface area contributed by atoms with E-state index in [-0.39, 0.29) is 35.4 Å². The topological polar surface area (TPSA) is 105 Å². The van der Waals surface area contributed by atoms with Crippen molar-refractivity contribution in [3.63, 3.8) is 0 Å². The first-order chi connectivity index (χ1) is 10.8. The molecule has 3 atom stereocenters. The fraction of sp³-hybridized carbons (Fsp3) is 0.643. The van der Waals surface area contributed by atoms with Crippen LogP contribution in [-0.2, 0) is 9.59 Å². The summed E-state index contributed by atoms with van der Waals surface area (Å²) in [6, 6.07) is -0.202. The molecule has 23 heavy (non-hydrogen) atoms. The summed E-state index contributed by atoms with van der Waals surface area (Å²) in [6.07, 6.45) is 2.25. The highest BCUT2D eigenvalue weighted by molar-refractivity contribution is 8.06. The van der Waals surface area contributed by atoms with Gasteiger partial charge in [0.2, 0.25) is 5.91 Å². The van der Waals surface area contributed by atoms with Crippen LogP contribution in [0.15, 0.2) is 10.6 Å². The maximum atomic E-state index is 12.2. The third-order valence-electron chi connectivity index (χ3n) is 4.11. The van der Waals surface area contributed by atoms with Crippen molar-refractivity contribution in [3.05, 3.63) is 10.6 Å². The quantitative estimate of drug-likeness (QED) is 0.345. The lowest BCUT2D eigenvalue weighted by Crippen LogP contribution is -2.61. The minimum absolute atomic E-state index is 0.0464. The number of hydrogen-bond donors (Lipinski definition) is 3. The van der Waals surface area contributed by atoms with Gasteiger partial charge in [-0.3, -0.25) is 15.1 Å². The maximum absolute atomic E-state index is 12.2. The van der Waals surface area contributed by atoms with Crippen molar-refractivity contribution in [2.45, 2.75) is 17.7 Å². The van der Waals surface area contributed by atoms with Gasteiger partial charge in [-0.05, 0) is 12.7 Å². The molecule has 2 heterocycles. The van der Waals surface area contributed by atoms with E-state index in [1.165, 1.54) is 28.4 Å². The van der Waals surface area contributed by atoms with Gasteiger partial charge in [0.1, 0.15) is 11.5 Å². The van der Waals surface area contributed by atoms with Crippen molar-refractivity contribution in [1.82, 2.24) is 9.80 Å². The first-order valence-electron chi connectivity index (χ1n) is 7.16. The van der Waals surface area contributed by atoms with Crippen LogP contribution in [0.2, 0.25) is 0 Å². The van der Waals surface area contributed by atoms with Gasteiger partial charge >= 0.3 is 5.97 Å². The molecule has 7 nitrogen and oxygen atoms in total. The summed E-state index contributed by atoms with van der Waals surface area (Å²) in [5.41, 5.74) is 0.0464. The molecule has 0 aromatic rings. The van der Waals surface area contributed by atoms with Crippen LogP contribution in [-0.4, -0.2) is 81.7 Å². The Kier molecular flexibility index (Phi) is 5.64. The van der Waals surface area contributed by atoms with Gasteiger partial charge in [-0.1, -0.05) is 0 Å². The molecule has 3 N–H and O–H groups in total. The van der Waals surface area contributed by atoms with Crippen molar-refractivity contribution in [1.29, 1.82) is 5.41 Å². The minimum atomic E-state index is -1.11. The number of carbonyl (C=O) groups excluding carboxylic acids is 1. The van der Waals surface area contributed by atoms with Crippen LogP contribution in [0.5, 0.6) is 0 Å². The Balaban J connectivity index is 2.28. The van der Waals surface area contributed by atoms with Crippen LogP contribution < -0.4 is 0 Å². The number of fused-ring (bicyclic) bond motifs is 1. The zero-order valence-electron chi connectivity index (χ0n) is 13.3. The molecular weight excluding hydrogens is 338 g/mol. The van der Waals surface area contributed by atoms with Gasteiger partial charge in [-0.15, -0.1) is 11.8 Å². The highest BCUT2D eigenvalue weighted by Crippen LogP contribution is 2.51. The number of aliphatic hydroxyl groups excluding tert-OH is 1. The summed E-state index contributed by atoms with van der Waals surface area (Å²) in [4.78, 5) is 27.6. The van der Waals surface area contributed by atoms with E-state index in [0.717, 1.165) is 0 Å². The van der Waals surface area contributed by atoms with Crippen LogP contribution in [0.3, 0.4) is 0 Å². The number of aliphatic carboxylic acids is 1. The zero-order valence-corrected chi connectivity index (χ0v) is 14.9. The second kappa shape index (κ2) is 7.14. The highest BCUT2D eigenvalue weighted by Gasteiger charge is 2.59. The number of thioether (sulfide) groups is 2. The van der Waals surface area contributed by atoms with Crippen LogP contribution in [0.1, 0.15) is 6.42 Å². The maximum Gasteiger partial charge on any atom is 0.353 e. The number of β-lactam (4-membered cyclic amide) rings is 1. The number of nitrogens with one attached hydrogen (secondary N) is 1. The molecule has 0 aromatic carbocycles. The molecule has 0 radical (unpaired) electrons. The summed E-state index contributed by atoms with van der Waals surface area (Å²) >= 11 is 2.83. The van der Waals surface area contributed by atoms with Crippen LogP contribution in [0, 0.1) is 11.3 Å². The van der Waals surface area contributed by atoms with E-state index in [1.807, 2.05) is 6.26 Å². The first-order valence-corrected chi connectivity index (χ1v) is 9.44. The second-order valence-corrected chi connectivity index (χ2v) is 7.62. The lowest BCUT2D eigenvalue weighted by atomic mass is 9.85. The zero-order chi connectivity index (χ0) is 17.3. The molecule has 1 fully saturated rings. The largest absolute Gasteiger partial charge is 0.477 e. The number of aliphatic hydroxyl groups is 1. The van der Waals surface area contributed by atoms with E-state index in [2.05, 4.69) is 0 Å². The average Bonchev–Trinajstić information content (AvgIpc) is 2.80. The first kappa shape index (κ1) is 18.2. The predicted molar refractivity (Wildman–Crippen MR) is 91.7 cm³/mol. The molecule has 2 rings (SSSR count). The molecule has 0 aliphatic carbocycles. The van der Waals surface area contributed by atoms with Crippen LogP contribution in [0.25, 0.3) is 0 Å². The lowest BCUT2D eigenvalue weighted by molar-refractivity contribution is -0.155. The standard InChI is InChI=1S/C14H21N3O4S2/c1-16(2)8(15)6-23-12-10(14(20)21)17-9(11(12)22-3)7(4-5-18)13(17)19/h7,9,11,15,18H,4-6H2,1-3H3,(H,20,21)/t7?,9-,11?/m1/s1. The Morgan fingerprint density at radius 3 is 2.57 bits per heavy atom. The van der Waals surface area contributed by atoms with Crippen molar-refractivity contribution < 1.29 is 19.8 Å². The molecular formula is C14H21N3O4S2. The number of carbonyl (C=O) groups is 2. The van der Waals surface area contributed by atoms with Gasteiger partial charge in [-0.25, -0.2) is 4.79 Å². The SMILES string of the molecule is CSC1C(SCC(=N)N(C)C)=C(C(=O)O)N2C(=O)C(CCO)[C@H]12. The number of hydrogen-bond acceptors (Lipinski definition) is 6. The summed E-state index contributed by atoms with van der Waals surface area (Å²) in [6.45, 7) is -0.0853. The van der Waals surface area contributed by atoms with Gasteiger partial charge in [0.05, 0.1) is 23.0 Å². The Hall–Kier alpha value is -1.19. The van der Waals surface area contributed by atoms with Gasteiger partial charge < -0.3 is 15.1 Å². The highest BCUT2D eigenvalue weighted by atomic mass is 32.2. The van der Waals surface area contributed by atoms with Crippen molar-refractivity contribution in [2.24, 2.45) is 5.92 Å². The molecule has 2 unspecified atom stereocenters. The third kappa shape index (κ3) is 3.09. The van der Waals surface area contributed by atoms with E-state index in [9.17, 15) is 14.7 Å².